The molecule has 2 rings (SSSR count). The van der Waals surface area contributed by atoms with Gasteiger partial charge in [0.25, 0.3) is 0 Å². The van der Waals surface area contributed by atoms with Gasteiger partial charge in [-0.1, -0.05) is 6.07 Å². The summed E-state index contributed by atoms with van der Waals surface area (Å²) in [4.78, 5) is 13.2. The average molecular weight is 233 g/mol. The van der Waals surface area contributed by atoms with Gasteiger partial charge in [-0.25, -0.2) is 4.79 Å². The lowest BCUT2D eigenvalue weighted by Gasteiger charge is -2.28. The van der Waals surface area contributed by atoms with Gasteiger partial charge in [0.15, 0.2) is 0 Å². The van der Waals surface area contributed by atoms with Crippen LogP contribution in [-0.4, -0.2) is 36.6 Å². The van der Waals surface area contributed by atoms with Crippen LogP contribution in [0.5, 0.6) is 0 Å². The molecule has 0 radical (unpaired) electrons. The Labute approximate surface area is 102 Å². The number of aromatic carboxylic acids is 1. The third kappa shape index (κ3) is 2.67. The summed E-state index contributed by atoms with van der Waals surface area (Å²) in [5, 5.41) is 9.04. The van der Waals surface area contributed by atoms with Crippen molar-refractivity contribution in [3.05, 3.63) is 34.9 Å². The first kappa shape index (κ1) is 12.1. The molecule has 1 unspecified atom stereocenters. The van der Waals surface area contributed by atoms with Crippen molar-refractivity contribution in [2.24, 2.45) is 0 Å². The average Bonchev–Trinajstić information content (AvgIpc) is 2.28. The molecule has 17 heavy (non-hydrogen) atoms. The Bertz CT molecular complexity index is 426. The Hall–Kier alpha value is -1.35. The number of rotatable bonds is 3. The second-order valence-electron chi connectivity index (χ2n) is 5.07. The molecule has 1 aliphatic rings. The van der Waals surface area contributed by atoms with Gasteiger partial charge in [-0.3, -0.25) is 0 Å². The first-order valence-corrected chi connectivity index (χ1v) is 6.09. The number of nitrogens with zero attached hydrogens (tertiary/aromatic N) is 1. The topological polar surface area (TPSA) is 40.5 Å². The maximum absolute atomic E-state index is 11.0. The van der Waals surface area contributed by atoms with Crippen LogP contribution < -0.4 is 0 Å². The highest BCUT2D eigenvalue weighted by Gasteiger charge is 2.21. The highest BCUT2D eigenvalue weighted by molar-refractivity contribution is 5.88. The van der Waals surface area contributed by atoms with Gasteiger partial charge >= 0.3 is 5.97 Å². The molecular weight excluding hydrogens is 214 g/mol. The first-order chi connectivity index (χ1) is 8.08. The van der Waals surface area contributed by atoms with E-state index in [1.807, 2.05) is 12.1 Å². The van der Waals surface area contributed by atoms with E-state index in [0.29, 0.717) is 11.5 Å². The minimum Gasteiger partial charge on any atom is -0.478 e. The van der Waals surface area contributed by atoms with Gasteiger partial charge in [-0.05, 0) is 62.5 Å². The molecule has 1 aromatic rings. The van der Waals surface area contributed by atoms with E-state index >= 15 is 0 Å². The smallest absolute Gasteiger partial charge is 0.335 e. The van der Waals surface area contributed by atoms with Crippen LogP contribution in [-0.2, 0) is 6.42 Å². The maximum Gasteiger partial charge on any atom is 0.335 e. The SMILES string of the molecule is CN(C)CC1CCCc2ccc(C(=O)O)cc21. The van der Waals surface area contributed by atoms with Gasteiger partial charge in [0.1, 0.15) is 0 Å². The number of hydrogen-bond donors (Lipinski definition) is 1. The second kappa shape index (κ2) is 4.88. The van der Waals surface area contributed by atoms with Crippen LogP contribution in [0.2, 0.25) is 0 Å². The molecule has 92 valence electrons. The summed E-state index contributed by atoms with van der Waals surface area (Å²) < 4.78 is 0. The van der Waals surface area contributed by atoms with E-state index in [1.165, 1.54) is 17.5 Å². The van der Waals surface area contributed by atoms with Crippen molar-refractivity contribution in [3.8, 4) is 0 Å². The minimum atomic E-state index is -0.832. The zero-order valence-corrected chi connectivity index (χ0v) is 10.4. The lowest BCUT2D eigenvalue weighted by Crippen LogP contribution is -2.23. The quantitative estimate of drug-likeness (QED) is 0.871. The second-order valence-corrected chi connectivity index (χ2v) is 5.07. The molecule has 1 aliphatic carbocycles. The molecule has 0 heterocycles. The Kier molecular flexibility index (Phi) is 3.48. The largest absolute Gasteiger partial charge is 0.478 e. The molecule has 0 saturated carbocycles. The van der Waals surface area contributed by atoms with E-state index in [2.05, 4.69) is 19.0 Å². The third-order valence-corrected chi connectivity index (χ3v) is 3.42. The zero-order chi connectivity index (χ0) is 12.4. The summed E-state index contributed by atoms with van der Waals surface area (Å²) in [5.41, 5.74) is 2.98. The predicted molar refractivity (Wildman–Crippen MR) is 67.6 cm³/mol. The van der Waals surface area contributed by atoms with E-state index in [-0.39, 0.29) is 0 Å². The molecule has 0 saturated heterocycles. The number of hydrogen-bond acceptors (Lipinski definition) is 2. The van der Waals surface area contributed by atoms with Gasteiger partial charge in [0.05, 0.1) is 5.56 Å². The molecule has 3 nitrogen and oxygen atoms in total. The molecule has 1 aromatic carbocycles. The van der Waals surface area contributed by atoms with Gasteiger partial charge in [0, 0.05) is 6.54 Å². The summed E-state index contributed by atoms with van der Waals surface area (Å²) in [7, 11) is 4.13. The molecule has 3 heteroatoms. The van der Waals surface area contributed by atoms with E-state index in [4.69, 9.17) is 5.11 Å². The lowest BCUT2D eigenvalue weighted by atomic mass is 9.82. The summed E-state index contributed by atoms with van der Waals surface area (Å²) in [6.45, 7) is 0.996. The van der Waals surface area contributed by atoms with Crippen LogP contribution >= 0.6 is 0 Å². The van der Waals surface area contributed by atoms with Crippen LogP contribution in [0.1, 0.15) is 40.2 Å². The third-order valence-electron chi connectivity index (χ3n) is 3.42. The lowest BCUT2D eigenvalue weighted by molar-refractivity contribution is 0.0696. The molecule has 0 amide bonds. The van der Waals surface area contributed by atoms with E-state index in [1.54, 1.807) is 6.07 Å². The van der Waals surface area contributed by atoms with Gasteiger partial charge in [-0.15, -0.1) is 0 Å². The number of carboxylic acid groups (broad SMARTS) is 1. The van der Waals surface area contributed by atoms with Crippen molar-refractivity contribution in [2.45, 2.75) is 25.2 Å². The molecule has 0 aromatic heterocycles. The normalized spacial score (nSPS) is 19.1. The molecule has 0 fully saturated rings. The monoisotopic (exact) mass is 233 g/mol. The number of aryl methyl sites for hydroxylation is 1. The standard InChI is InChI=1S/C14H19NO2/c1-15(2)9-12-5-3-4-10-6-7-11(14(16)17)8-13(10)12/h6-8,12H,3-5,9H2,1-2H3,(H,16,17). The van der Waals surface area contributed by atoms with Crippen LogP contribution in [0.15, 0.2) is 18.2 Å². The highest BCUT2D eigenvalue weighted by atomic mass is 16.4. The Morgan fingerprint density at radius 1 is 1.47 bits per heavy atom. The van der Waals surface area contributed by atoms with Crippen molar-refractivity contribution < 1.29 is 9.90 Å². The molecule has 0 bridgehead atoms. The summed E-state index contributed by atoms with van der Waals surface area (Å²) >= 11 is 0. The molecular formula is C14H19NO2. The van der Waals surface area contributed by atoms with Crippen LogP contribution in [0.4, 0.5) is 0 Å². The Balaban J connectivity index is 2.34. The number of carbonyl (C=O) groups is 1. The van der Waals surface area contributed by atoms with E-state index in [0.717, 1.165) is 19.4 Å². The number of fused-ring (bicyclic) bond motifs is 1. The van der Waals surface area contributed by atoms with E-state index in [9.17, 15) is 4.79 Å². The molecule has 1 atom stereocenters. The Morgan fingerprint density at radius 2 is 2.24 bits per heavy atom. The number of likely N-dealkylation sites (N-methyl/N-ethyl adjacent to an activating group) is 1. The van der Waals surface area contributed by atoms with Crippen LogP contribution in [0, 0.1) is 0 Å². The van der Waals surface area contributed by atoms with Crippen molar-refractivity contribution in [2.75, 3.05) is 20.6 Å². The minimum absolute atomic E-state index is 0.411. The molecule has 1 N–H and O–H groups in total. The van der Waals surface area contributed by atoms with Crippen molar-refractivity contribution in [1.82, 2.24) is 4.90 Å². The van der Waals surface area contributed by atoms with Crippen LogP contribution in [0.3, 0.4) is 0 Å². The summed E-state index contributed by atoms with van der Waals surface area (Å²) in [6, 6.07) is 5.57. The fourth-order valence-electron chi connectivity index (χ4n) is 2.66. The van der Waals surface area contributed by atoms with Gasteiger partial charge < -0.3 is 10.0 Å². The summed E-state index contributed by atoms with van der Waals surface area (Å²) in [6.07, 6.45) is 3.45. The van der Waals surface area contributed by atoms with Crippen molar-refractivity contribution >= 4 is 5.97 Å². The molecule has 0 spiro atoms. The number of carboxylic acids is 1. The predicted octanol–water partition coefficient (Wildman–Crippen LogP) is 2.37. The number of benzene rings is 1. The summed E-state index contributed by atoms with van der Waals surface area (Å²) in [5.74, 6) is -0.352. The van der Waals surface area contributed by atoms with Crippen molar-refractivity contribution in [3.63, 3.8) is 0 Å². The fourth-order valence-corrected chi connectivity index (χ4v) is 2.66. The first-order valence-electron chi connectivity index (χ1n) is 6.09. The van der Waals surface area contributed by atoms with Gasteiger partial charge in [0.2, 0.25) is 0 Å². The van der Waals surface area contributed by atoms with E-state index < -0.39 is 5.97 Å². The van der Waals surface area contributed by atoms with Crippen LogP contribution in [0.25, 0.3) is 0 Å². The highest BCUT2D eigenvalue weighted by Crippen LogP contribution is 2.32. The zero-order valence-electron chi connectivity index (χ0n) is 10.4. The molecule has 0 aliphatic heterocycles. The van der Waals surface area contributed by atoms with Gasteiger partial charge in [-0.2, -0.15) is 0 Å². The fraction of sp³-hybridized carbons (Fsp3) is 0.500. The van der Waals surface area contributed by atoms with Crippen molar-refractivity contribution in [1.29, 1.82) is 0 Å². The Morgan fingerprint density at radius 3 is 2.88 bits per heavy atom. The maximum atomic E-state index is 11.0.